The first kappa shape index (κ1) is 16.5. The summed E-state index contributed by atoms with van der Waals surface area (Å²) in [7, 11) is 0. The molecule has 1 fully saturated rings. The molecule has 0 N–H and O–H groups in total. The van der Waals surface area contributed by atoms with Crippen molar-refractivity contribution >= 4 is 39.8 Å². The number of fused-ring (bicyclic) bond motifs is 4. The number of carbonyl (C=O) groups excluding carboxylic acids is 2. The Bertz CT molecular complexity index is 1120. The van der Waals surface area contributed by atoms with Crippen molar-refractivity contribution in [3.63, 3.8) is 0 Å². The number of benzene rings is 2. The van der Waals surface area contributed by atoms with Crippen LogP contribution in [0.1, 0.15) is 51.1 Å². The van der Waals surface area contributed by atoms with Crippen LogP contribution in [0.15, 0.2) is 42.5 Å². The van der Waals surface area contributed by atoms with Crippen LogP contribution in [0.25, 0.3) is 10.9 Å². The monoisotopic (exact) mass is 376 g/mol. The Hall–Kier alpha value is -2.72. The van der Waals surface area contributed by atoms with Gasteiger partial charge in [0.05, 0.1) is 11.1 Å². The third-order valence-electron chi connectivity index (χ3n) is 5.51. The smallest absolute Gasteiger partial charge is 0.196 e. The fourth-order valence-corrected chi connectivity index (χ4v) is 4.41. The van der Waals surface area contributed by atoms with Crippen LogP contribution in [-0.4, -0.2) is 29.6 Å². The summed E-state index contributed by atoms with van der Waals surface area (Å²) in [5.41, 5.74) is 3.18. The normalized spacial score (nSPS) is 16.4. The molecule has 0 bridgehead atoms. The molecule has 0 atom stereocenters. The molecule has 2 aliphatic rings. The first-order valence-electron chi connectivity index (χ1n) is 9.22. The Labute approximate surface area is 161 Å². The van der Waals surface area contributed by atoms with E-state index in [9.17, 15) is 9.59 Å². The zero-order valence-corrected chi connectivity index (χ0v) is 15.4. The highest BCUT2D eigenvalue weighted by Crippen LogP contribution is 2.37. The van der Waals surface area contributed by atoms with Gasteiger partial charge in [0.1, 0.15) is 5.15 Å². The van der Waals surface area contributed by atoms with Gasteiger partial charge in [0.25, 0.3) is 0 Å². The number of hydrogen-bond donors (Lipinski definition) is 0. The lowest BCUT2D eigenvalue weighted by Crippen LogP contribution is -2.30. The number of aromatic nitrogens is 1. The Kier molecular flexibility index (Phi) is 3.76. The highest BCUT2D eigenvalue weighted by molar-refractivity contribution is 6.33. The Morgan fingerprint density at radius 1 is 0.852 bits per heavy atom. The van der Waals surface area contributed by atoms with E-state index in [0.29, 0.717) is 32.9 Å². The SMILES string of the molecule is O=C1c2ccccc2C(=O)c2c1ccc1c(N3CCCCC3)cc(Cl)nc21. The van der Waals surface area contributed by atoms with Crippen molar-refractivity contribution in [3.05, 3.63) is 69.9 Å². The first-order chi connectivity index (χ1) is 13.1. The molecule has 1 aliphatic carbocycles. The fraction of sp³-hybridized carbons (Fsp3) is 0.227. The summed E-state index contributed by atoms with van der Waals surface area (Å²) in [5.74, 6) is -0.298. The number of carbonyl (C=O) groups is 2. The van der Waals surface area contributed by atoms with Gasteiger partial charge in [-0.25, -0.2) is 4.98 Å². The van der Waals surface area contributed by atoms with Gasteiger partial charge in [-0.3, -0.25) is 9.59 Å². The lowest BCUT2D eigenvalue weighted by Gasteiger charge is -2.30. The second kappa shape index (κ2) is 6.17. The number of halogens is 1. The van der Waals surface area contributed by atoms with Crippen LogP contribution >= 0.6 is 11.6 Å². The van der Waals surface area contributed by atoms with E-state index in [1.807, 2.05) is 12.1 Å². The predicted molar refractivity (Wildman–Crippen MR) is 106 cm³/mol. The molecule has 2 aromatic carbocycles. The van der Waals surface area contributed by atoms with Gasteiger partial charge in [-0.05, 0) is 37.5 Å². The molecular weight excluding hydrogens is 360 g/mol. The molecule has 0 unspecified atom stereocenters. The minimum Gasteiger partial charge on any atom is -0.371 e. The molecule has 1 saturated heterocycles. The van der Waals surface area contributed by atoms with Crippen molar-refractivity contribution in [2.75, 3.05) is 18.0 Å². The molecule has 2 heterocycles. The van der Waals surface area contributed by atoms with E-state index in [2.05, 4.69) is 9.88 Å². The Morgan fingerprint density at radius 3 is 2.30 bits per heavy atom. The van der Waals surface area contributed by atoms with Crippen LogP contribution in [0.5, 0.6) is 0 Å². The minimum absolute atomic E-state index is 0.136. The second-order valence-electron chi connectivity index (χ2n) is 7.10. The van der Waals surface area contributed by atoms with Crippen LogP contribution in [-0.2, 0) is 0 Å². The van der Waals surface area contributed by atoms with Gasteiger partial charge in [-0.15, -0.1) is 0 Å². The molecule has 1 aromatic heterocycles. The van der Waals surface area contributed by atoms with Crippen molar-refractivity contribution in [1.29, 1.82) is 0 Å². The van der Waals surface area contributed by atoms with Crippen molar-refractivity contribution in [2.24, 2.45) is 0 Å². The van der Waals surface area contributed by atoms with Crippen molar-refractivity contribution < 1.29 is 9.59 Å². The minimum atomic E-state index is -0.162. The van der Waals surface area contributed by atoms with Gasteiger partial charge in [-0.1, -0.05) is 35.9 Å². The highest BCUT2D eigenvalue weighted by atomic mass is 35.5. The summed E-state index contributed by atoms with van der Waals surface area (Å²) < 4.78 is 0. The average molecular weight is 377 g/mol. The van der Waals surface area contributed by atoms with E-state index in [1.54, 1.807) is 30.3 Å². The third kappa shape index (κ3) is 2.47. The van der Waals surface area contributed by atoms with Crippen molar-refractivity contribution in [1.82, 2.24) is 4.98 Å². The molecule has 5 rings (SSSR count). The highest BCUT2D eigenvalue weighted by Gasteiger charge is 2.32. The van der Waals surface area contributed by atoms with Gasteiger partial charge in [-0.2, -0.15) is 0 Å². The molecule has 0 spiro atoms. The summed E-state index contributed by atoms with van der Waals surface area (Å²) in [4.78, 5) is 32.9. The van der Waals surface area contributed by atoms with Crippen molar-refractivity contribution in [3.8, 4) is 0 Å². The molecule has 1 aliphatic heterocycles. The summed E-state index contributed by atoms with van der Waals surface area (Å²) in [6.45, 7) is 1.92. The summed E-state index contributed by atoms with van der Waals surface area (Å²) >= 11 is 6.34. The summed E-state index contributed by atoms with van der Waals surface area (Å²) in [5, 5.41) is 1.22. The van der Waals surface area contributed by atoms with Gasteiger partial charge < -0.3 is 4.90 Å². The van der Waals surface area contributed by atoms with Gasteiger partial charge in [0.15, 0.2) is 11.6 Å². The molecule has 3 aromatic rings. The number of rotatable bonds is 1. The quantitative estimate of drug-likeness (QED) is 0.453. The van der Waals surface area contributed by atoms with Crippen LogP contribution in [0, 0.1) is 0 Å². The molecule has 5 heteroatoms. The van der Waals surface area contributed by atoms with Crippen LogP contribution in [0.3, 0.4) is 0 Å². The average Bonchev–Trinajstić information content (AvgIpc) is 2.71. The maximum absolute atomic E-state index is 13.2. The number of anilines is 1. The molecule has 0 amide bonds. The topological polar surface area (TPSA) is 50.3 Å². The van der Waals surface area contributed by atoms with E-state index in [0.717, 1.165) is 37.0 Å². The zero-order valence-electron chi connectivity index (χ0n) is 14.7. The zero-order chi connectivity index (χ0) is 18.5. The van der Waals surface area contributed by atoms with E-state index in [-0.39, 0.29) is 11.6 Å². The van der Waals surface area contributed by atoms with Crippen LogP contribution < -0.4 is 4.90 Å². The van der Waals surface area contributed by atoms with E-state index in [4.69, 9.17) is 11.6 Å². The van der Waals surface area contributed by atoms with E-state index < -0.39 is 0 Å². The van der Waals surface area contributed by atoms with Gasteiger partial charge in [0, 0.05) is 40.9 Å². The Balaban J connectivity index is 1.78. The van der Waals surface area contributed by atoms with Crippen molar-refractivity contribution in [2.45, 2.75) is 19.3 Å². The Morgan fingerprint density at radius 2 is 1.56 bits per heavy atom. The maximum Gasteiger partial charge on any atom is 0.196 e. The van der Waals surface area contributed by atoms with Crippen LogP contribution in [0.2, 0.25) is 5.15 Å². The van der Waals surface area contributed by atoms with Crippen LogP contribution in [0.4, 0.5) is 5.69 Å². The molecule has 4 nitrogen and oxygen atoms in total. The van der Waals surface area contributed by atoms with E-state index >= 15 is 0 Å². The summed E-state index contributed by atoms with van der Waals surface area (Å²) in [6, 6.07) is 12.5. The molecule has 0 radical (unpaired) electrons. The first-order valence-corrected chi connectivity index (χ1v) is 9.59. The number of hydrogen-bond acceptors (Lipinski definition) is 4. The fourth-order valence-electron chi connectivity index (χ4n) is 4.22. The lowest BCUT2D eigenvalue weighted by atomic mass is 9.82. The molecular formula is C22H17ClN2O2. The third-order valence-corrected chi connectivity index (χ3v) is 5.71. The second-order valence-corrected chi connectivity index (χ2v) is 7.49. The largest absolute Gasteiger partial charge is 0.371 e. The lowest BCUT2D eigenvalue weighted by molar-refractivity contribution is 0.0980. The van der Waals surface area contributed by atoms with Gasteiger partial charge >= 0.3 is 0 Å². The van der Waals surface area contributed by atoms with Gasteiger partial charge in [0.2, 0.25) is 0 Å². The molecule has 134 valence electrons. The van der Waals surface area contributed by atoms with E-state index in [1.165, 1.54) is 6.42 Å². The number of piperidine rings is 1. The number of pyridine rings is 1. The molecule has 27 heavy (non-hydrogen) atoms. The number of ketones is 2. The predicted octanol–water partition coefficient (Wildman–Crippen LogP) is 4.65. The molecule has 0 saturated carbocycles. The summed E-state index contributed by atoms with van der Waals surface area (Å²) in [6.07, 6.45) is 3.50. The standard InChI is InChI=1S/C22H17ClN2O2/c23-18-12-17(25-10-4-1-5-11-25)15-8-9-16-19(20(15)24-18)22(27)14-7-3-2-6-13(14)21(16)26/h2-3,6-9,12H,1,4-5,10-11H2. The number of nitrogens with zero attached hydrogens (tertiary/aromatic N) is 2. The maximum atomic E-state index is 13.2.